The summed E-state index contributed by atoms with van der Waals surface area (Å²) in [5, 5.41) is 5.13. The Hall–Kier alpha value is -1.80. The third-order valence-electron chi connectivity index (χ3n) is 3.37. The van der Waals surface area contributed by atoms with Crippen LogP contribution in [0.5, 0.6) is 0 Å². The zero-order valence-electron chi connectivity index (χ0n) is 12.9. The molecule has 0 aliphatic rings. The van der Waals surface area contributed by atoms with Crippen molar-refractivity contribution in [2.24, 2.45) is 5.10 Å². The van der Waals surface area contributed by atoms with Gasteiger partial charge < -0.3 is 0 Å². The van der Waals surface area contributed by atoms with Crippen molar-refractivity contribution in [2.75, 3.05) is 5.43 Å². The molecular weight excluding hydrogens is 280 g/mol. The summed E-state index contributed by atoms with van der Waals surface area (Å²) in [5.74, 6) is 0. The molecule has 0 saturated carbocycles. The van der Waals surface area contributed by atoms with E-state index in [1.165, 1.54) is 5.56 Å². The van der Waals surface area contributed by atoms with Gasteiger partial charge in [0.2, 0.25) is 0 Å². The highest BCUT2D eigenvalue weighted by Crippen LogP contribution is 2.22. The van der Waals surface area contributed by atoms with Gasteiger partial charge in [-0.25, -0.2) is 0 Å². The van der Waals surface area contributed by atoms with Gasteiger partial charge in [-0.2, -0.15) is 5.10 Å². The zero-order chi connectivity index (χ0) is 15.5. The molecule has 0 aromatic heterocycles. The smallest absolute Gasteiger partial charge is 0.0648 e. The van der Waals surface area contributed by atoms with Crippen molar-refractivity contribution in [3.05, 3.63) is 64.7 Å². The van der Waals surface area contributed by atoms with E-state index in [1.54, 1.807) is 0 Å². The standard InChI is InChI=1S/C18H21ClN2/c1-13(20-21-17-11-9-16(19)10-12-17)14-5-7-15(8-6-14)18(2,3)4/h5-12,21H,1-4H3/b20-13-. The molecule has 2 aromatic rings. The van der Waals surface area contributed by atoms with Crippen LogP contribution in [0.15, 0.2) is 53.6 Å². The lowest BCUT2D eigenvalue weighted by Crippen LogP contribution is -2.11. The topological polar surface area (TPSA) is 24.4 Å². The first-order valence-corrected chi connectivity index (χ1v) is 7.41. The summed E-state index contributed by atoms with van der Waals surface area (Å²) in [6, 6.07) is 16.0. The highest BCUT2D eigenvalue weighted by molar-refractivity contribution is 6.30. The number of hydrazone groups is 1. The second kappa shape index (κ2) is 6.31. The fourth-order valence-electron chi connectivity index (χ4n) is 1.95. The molecule has 1 N–H and O–H groups in total. The highest BCUT2D eigenvalue weighted by Gasteiger charge is 2.13. The monoisotopic (exact) mass is 300 g/mol. The van der Waals surface area contributed by atoms with Crippen molar-refractivity contribution in [3.8, 4) is 0 Å². The van der Waals surface area contributed by atoms with Gasteiger partial charge in [-0.3, -0.25) is 5.43 Å². The predicted octanol–water partition coefficient (Wildman–Crippen LogP) is 5.47. The molecule has 3 heteroatoms. The van der Waals surface area contributed by atoms with Crippen LogP contribution in [0, 0.1) is 0 Å². The quantitative estimate of drug-likeness (QED) is 0.589. The number of benzene rings is 2. The third-order valence-corrected chi connectivity index (χ3v) is 3.62. The highest BCUT2D eigenvalue weighted by atomic mass is 35.5. The number of hydrogen-bond donors (Lipinski definition) is 1. The minimum atomic E-state index is 0.172. The summed E-state index contributed by atoms with van der Waals surface area (Å²) in [7, 11) is 0. The largest absolute Gasteiger partial charge is 0.278 e. The van der Waals surface area contributed by atoms with E-state index in [-0.39, 0.29) is 5.41 Å². The van der Waals surface area contributed by atoms with Gasteiger partial charge in [0.25, 0.3) is 0 Å². The van der Waals surface area contributed by atoms with Gasteiger partial charge in [0.05, 0.1) is 11.4 Å². The van der Waals surface area contributed by atoms with E-state index in [0.717, 1.165) is 22.0 Å². The number of anilines is 1. The molecule has 0 aliphatic carbocycles. The fourth-order valence-corrected chi connectivity index (χ4v) is 2.07. The van der Waals surface area contributed by atoms with Gasteiger partial charge >= 0.3 is 0 Å². The number of halogens is 1. The van der Waals surface area contributed by atoms with Crippen LogP contribution >= 0.6 is 11.6 Å². The average molecular weight is 301 g/mol. The molecule has 0 amide bonds. The number of rotatable bonds is 3. The molecule has 0 heterocycles. The normalized spacial score (nSPS) is 12.3. The Morgan fingerprint density at radius 2 is 1.52 bits per heavy atom. The lowest BCUT2D eigenvalue weighted by molar-refractivity contribution is 0.590. The van der Waals surface area contributed by atoms with Crippen molar-refractivity contribution in [1.82, 2.24) is 0 Å². The van der Waals surface area contributed by atoms with Crippen LogP contribution in [0.1, 0.15) is 38.8 Å². The predicted molar refractivity (Wildman–Crippen MR) is 92.4 cm³/mol. The molecule has 110 valence electrons. The maximum Gasteiger partial charge on any atom is 0.0648 e. The molecule has 0 bridgehead atoms. The molecule has 0 atom stereocenters. The van der Waals surface area contributed by atoms with Crippen LogP contribution in [-0.2, 0) is 5.41 Å². The maximum absolute atomic E-state index is 5.86. The van der Waals surface area contributed by atoms with E-state index in [9.17, 15) is 0 Å². The maximum atomic E-state index is 5.86. The molecular formula is C18H21ClN2. The molecule has 2 nitrogen and oxygen atoms in total. The van der Waals surface area contributed by atoms with E-state index >= 15 is 0 Å². The Balaban J connectivity index is 2.10. The second-order valence-electron chi connectivity index (χ2n) is 6.14. The van der Waals surface area contributed by atoms with Gasteiger partial charge in [-0.1, -0.05) is 56.6 Å². The summed E-state index contributed by atoms with van der Waals surface area (Å²) >= 11 is 5.86. The zero-order valence-corrected chi connectivity index (χ0v) is 13.7. The van der Waals surface area contributed by atoms with E-state index < -0.39 is 0 Å². The lowest BCUT2D eigenvalue weighted by Gasteiger charge is -2.19. The number of nitrogens with zero attached hydrogens (tertiary/aromatic N) is 1. The second-order valence-corrected chi connectivity index (χ2v) is 6.58. The third kappa shape index (κ3) is 4.33. The SMILES string of the molecule is C/C(=N/Nc1ccc(Cl)cc1)c1ccc(C(C)(C)C)cc1. The molecule has 0 spiro atoms. The average Bonchev–Trinajstić information content (AvgIpc) is 2.45. The molecule has 0 radical (unpaired) electrons. The van der Waals surface area contributed by atoms with Crippen molar-refractivity contribution in [2.45, 2.75) is 33.1 Å². The van der Waals surface area contributed by atoms with Gasteiger partial charge in [0.1, 0.15) is 0 Å². The molecule has 0 fully saturated rings. The Kier molecular flexibility index (Phi) is 4.69. The van der Waals surface area contributed by atoms with Crippen LogP contribution in [0.4, 0.5) is 5.69 Å². The van der Waals surface area contributed by atoms with Crippen molar-refractivity contribution < 1.29 is 0 Å². The molecule has 0 saturated heterocycles. The number of hydrogen-bond acceptors (Lipinski definition) is 2. The van der Waals surface area contributed by atoms with Crippen molar-refractivity contribution in [1.29, 1.82) is 0 Å². The van der Waals surface area contributed by atoms with Crippen LogP contribution in [0.25, 0.3) is 0 Å². The first-order chi connectivity index (χ1) is 9.86. The Morgan fingerprint density at radius 3 is 2.05 bits per heavy atom. The summed E-state index contributed by atoms with van der Waals surface area (Å²) in [4.78, 5) is 0. The minimum absolute atomic E-state index is 0.172. The Bertz CT molecular complexity index is 620. The number of nitrogens with one attached hydrogen (secondary N) is 1. The van der Waals surface area contributed by atoms with Gasteiger partial charge in [-0.15, -0.1) is 0 Å². The molecule has 0 unspecified atom stereocenters. The molecule has 2 rings (SSSR count). The van der Waals surface area contributed by atoms with Crippen LogP contribution in [0.3, 0.4) is 0 Å². The summed E-state index contributed by atoms with van der Waals surface area (Å²) < 4.78 is 0. The van der Waals surface area contributed by atoms with E-state index in [4.69, 9.17) is 11.6 Å². The minimum Gasteiger partial charge on any atom is -0.278 e. The van der Waals surface area contributed by atoms with Crippen LogP contribution < -0.4 is 5.43 Å². The molecule has 2 aromatic carbocycles. The van der Waals surface area contributed by atoms with E-state index in [2.05, 4.69) is 55.6 Å². The lowest BCUT2D eigenvalue weighted by atomic mass is 9.86. The van der Waals surface area contributed by atoms with E-state index in [0.29, 0.717) is 0 Å². The van der Waals surface area contributed by atoms with Crippen LogP contribution in [0.2, 0.25) is 5.02 Å². The van der Waals surface area contributed by atoms with Gasteiger partial charge in [0.15, 0.2) is 0 Å². The fraction of sp³-hybridized carbons (Fsp3) is 0.278. The van der Waals surface area contributed by atoms with E-state index in [1.807, 2.05) is 31.2 Å². The Labute approximate surface area is 131 Å². The van der Waals surface area contributed by atoms with Gasteiger partial charge in [0, 0.05) is 5.02 Å². The summed E-state index contributed by atoms with van der Waals surface area (Å²) in [6.45, 7) is 8.64. The van der Waals surface area contributed by atoms with Crippen LogP contribution in [-0.4, -0.2) is 5.71 Å². The summed E-state index contributed by atoms with van der Waals surface area (Å²) in [6.07, 6.45) is 0. The van der Waals surface area contributed by atoms with Gasteiger partial charge in [-0.05, 0) is 47.7 Å². The molecule has 0 aliphatic heterocycles. The Morgan fingerprint density at radius 1 is 0.952 bits per heavy atom. The van der Waals surface area contributed by atoms with Crippen molar-refractivity contribution >= 4 is 23.0 Å². The molecule has 21 heavy (non-hydrogen) atoms. The first-order valence-electron chi connectivity index (χ1n) is 7.03. The first kappa shape index (κ1) is 15.6. The van der Waals surface area contributed by atoms with Crippen molar-refractivity contribution in [3.63, 3.8) is 0 Å². The summed E-state index contributed by atoms with van der Waals surface area (Å²) in [5.41, 5.74) is 7.53.